The standard InChI is InChI=1S/C70H87BrFN7O17S/c1-42-31-51(71)25-26-61(42)97(95,96)79-58(39-64(88)89)60(83)38-47(22-28-63(86)87)68(93)77-41-54(81)35-48(32-43-13-12-15-52(72)33-43)69(94)78-57(36-49-40-76-56-18-8-7-17-55(49)56)59(82)37-46(21-27-62(84)85)67(92)75-29-10-5-6-16-53(80)34-45(65(73)90)14-9-11-30-74-66(91)44-19-23-50(24-20-44)70(2,3)4/h7-8,12-13,15,17-20,23-26,31,33,40,45-48,57-58,76,79H,5-6,9-11,14,16,21-22,27-30,32,34-39,41H2,1-4H3,(H2,73,90)(H,74,91)(H,75,92)(H,77,93)(H,78,94)(H,84,85)(H,86,87)(H,88,89)/t45-,46-,47-,48-,57+,58-/m1/s1. The van der Waals surface area contributed by atoms with Gasteiger partial charge >= 0.3 is 17.9 Å². The van der Waals surface area contributed by atoms with E-state index in [9.17, 15) is 85.7 Å². The van der Waals surface area contributed by atoms with Gasteiger partial charge in [0.15, 0.2) is 17.3 Å². The Labute approximate surface area is 571 Å². The molecule has 1 aromatic heterocycles. The zero-order valence-corrected chi connectivity index (χ0v) is 57.3. The maximum Gasteiger partial charge on any atom is 0.305 e. The number of halogens is 2. The van der Waals surface area contributed by atoms with Crippen molar-refractivity contribution in [1.29, 1.82) is 0 Å². The number of carboxylic acid groups (broad SMARTS) is 3. The van der Waals surface area contributed by atoms with Crippen LogP contribution >= 0.6 is 15.9 Å². The molecule has 0 unspecified atom stereocenters. The fraction of sp³-hybridized carbons (Fsp3) is 0.457. The number of amides is 5. The number of sulfonamides is 1. The molecule has 5 aromatic rings. The number of nitrogens with one attached hydrogen (secondary N) is 6. The summed E-state index contributed by atoms with van der Waals surface area (Å²) in [7, 11) is -4.54. The van der Waals surface area contributed by atoms with Crippen LogP contribution in [0.25, 0.3) is 10.9 Å². The second kappa shape index (κ2) is 38.2. The SMILES string of the molecule is Cc1cc(Br)ccc1S(=O)(=O)N[C@H](CC(=O)O)C(=O)C[C@@H](CCC(=O)O)C(=O)NCC(=O)C[C@@H](Cc1cccc(F)c1)C(=O)N[C@@H](Cc1c[nH]c2ccccc12)C(=O)C[C@@H](CCC(=O)O)C(=O)NCCCCCC(=O)C[C@@H](CCCCNC(=O)c1ccc(C(C)(C)C)cc1)C(N)=O. The van der Waals surface area contributed by atoms with Crippen molar-refractivity contribution in [1.82, 2.24) is 31.0 Å². The summed E-state index contributed by atoms with van der Waals surface area (Å²) in [6, 6.07) is 20.4. The van der Waals surface area contributed by atoms with Gasteiger partial charge in [-0.05, 0) is 128 Å². The first-order valence-corrected chi connectivity index (χ1v) is 34.4. The van der Waals surface area contributed by atoms with Crippen molar-refractivity contribution in [3.8, 4) is 0 Å². The van der Waals surface area contributed by atoms with Crippen LogP contribution in [-0.4, -0.2) is 131 Å². The summed E-state index contributed by atoms with van der Waals surface area (Å²) in [4.78, 5) is 161. The molecule has 24 nitrogen and oxygen atoms in total. The maximum absolute atomic E-state index is 14.7. The van der Waals surface area contributed by atoms with E-state index in [-0.39, 0.29) is 71.8 Å². The number of rotatable bonds is 44. The van der Waals surface area contributed by atoms with Gasteiger partial charge < -0.3 is 47.3 Å². The minimum atomic E-state index is -4.54. The number of carbonyl (C=O) groups is 12. The van der Waals surface area contributed by atoms with Gasteiger partial charge in [0.2, 0.25) is 33.7 Å². The number of carboxylic acids is 3. The molecule has 0 radical (unpaired) electrons. The van der Waals surface area contributed by atoms with Gasteiger partial charge in [0.25, 0.3) is 5.91 Å². The number of Topliss-reactive ketones (excluding diaryl/α,β-unsaturated/α-hetero) is 4. The normalized spacial score (nSPS) is 13.4. The van der Waals surface area contributed by atoms with Crippen molar-refractivity contribution >= 4 is 107 Å². The largest absolute Gasteiger partial charge is 0.481 e. The van der Waals surface area contributed by atoms with Gasteiger partial charge in [-0.3, -0.25) is 57.5 Å². The van der Waals surface area contributed by atoms with Crippen LogP contribution in [0.1, 0.15) is 156 Å². The van der Waals surface area contributed by atoms with Crippen molar-refractivity contribution in [2.75, 3.05) is 19.6 Å². The first kappa shape index (κ1) is 78.9. The van der Waals surface area contributed by atoms with Crippen LogP contribution in [0, 0.1) is 36.4 Å². The van der Waals surface area contributed by atoms with Gasteiger partial charge in [-0.1, -0.05) is 92.0 Å². The van der Waals surface area contributed by atoms with Crippen LogP contribution in [0.2, 0.25) is 0 Å². The second-order valence-electron chi connectivity index (χ2n) is 25.4. The highest BCUT2D eigenvalue weighted by atomic mass is 79.9. The lowest BCUT2D eigenvalue weighted by Crippen LogP contribution is -2.47. The Hall–Kier alpha value is -8.82. The number of benzene rings is 4. The summed E-state index contributed by atoms with van der Waals surface area (Å²) < 4.78 is 44.2. The summed E-state index contributed by atoms with van der Waals surface area (Å²) in [6.45, 7) is 7.36. The summed E-state index contributed by atoms with van der Waals surface area (Å²) in [5, 5.41) is 40.3. The molecule has 27 heteroatoms. The van der Waals surface area contributed by atoms with Crippen LogP contribution in [-0.2, 0) is 81.0 Å². The number of hydrogen-bond donors (Lipinski definition) is 10. The van der Waals surface area contributed by atoms with Gasteiger partial charge in [0.05, 0.1) is 29.9 Å². The number of hydrogen-bond acceptors (Lipinski definition) is 14. The second-order valence-corrected chi connectivity index (χ2v) is 28.0. The fourth-order valence-electron chi connectivity index (χ4n) is 11.2. The van der Waals surface area contributed by atoms with Crippen LogP contribution < -0.4 is 31.7 Å². The van der Waals surface area contributed by atoms with E-state index in [2.05, 4.69) is 67.7 Å². The first-order valence-electron chi connectivity index (χ1n) is 32.2. The molecule has 97 heavy (non-hydrogen) atoms. The zero-order chi connectivity index (χ0) is 71.6. The number of aromatic amines is 1. The van der Waals surface area contributed by atoms with E-state index in [0.29, 0.717) is 71.6 Å². The van der Waals surface area contributed by atoms with Crippen molar-refractivity contribution in [2.45, 2.75) is 166 Å². The predicted octanol–water partition coefficient (Wildman–Crippen LogP) is 7.68. The van der Waals surface area contributed by atoms with Gasteiger partial charge in [-0.15, -0.1) is 0 Å². The lowest BCUT2D eigenvalue weighted by atomic mass is 9.87. The number of primary amides is 1. The molecule has 5 rings (SSSR count). The van der Waals surface area contributed by atoms with E-state index >= 15 is 0 Å². The molecule has 0 fully saturated rings. The number of H-pyrrole nitrogens is 1. The van der Waals surface area contributed by atoms with Crippen LogP contribution in [0.5, 0.6) is 0 Å². The average molecular weight is 1430 g/mol. The molecular formula is C70H87BrFN7O17S. The lowest BCUT2D eigenvalue weighted by Gasteiger charge is -2.24. The number of aryl methyl sites for hydroxylation is 1. The summed E-state index contributed by atoms with van der Waals surface area (Å²) >= 11 is 3.23. The molecular weight excluding hydrogens is 1340 g/mol. The number of aromatic nitrogens is 1. The minimum absolute atomic E-state index is 0.0503. The Morgan fingerprint density at radius 1 is 0.598 bits per heavy atom. The molecule has 4 aromatic carbocycles. The molecule has 5 amide bonds. The Balaban J connectivity index is 1.23. The highest BCUT2D eigenvalue weighted by Crippen LogP contribution is 2.27. The Morgan fingerprint density at radius 3 is 1.84 bits per heavy atom. The highest BCUT2D eigenvalue weighted by molar-refractivity contribution is 9.10. The van der Waals surface area contributed by atoms with Crippen molar-refractivity contribution in [3.63, 3.8) is 0 Å². The van der Waals surface area contributed by atoms with Crippen LogP contribution in [0.4, 0.5) is 4.39 Å². The first-order chi connectivity index (χ1) is 45.8. The summed E-state index contributed by atoms with van der Waals surface area (Å²) in [5.41, 5.74) is 8.97. The molecule has 0 aliphatic carbocycles. The van der Waals surface area contributed by atoms with E-state index < -0.39 is 162 Å². The monoisotopic (exact) mass is 1430 g/mol. The Bertz CT molecular complexity index is 3760. The average Bonchev–Trinajstić information content (AvgIpc) is 1.80. The van der Waals surface area contributed by atoms with Gasteiger partial charge in [0, 0.05) is 115 Å². The molecule has 0 spiro atoms. The van der Waals surface area contributed by atoms with E-state index in [0.717, 1.165) is 17.7 Å². The maximum atomic E-state index is 14.7. The number of carbonyl (C=O) groups excluding carboxylic acids is 9. The van der Waals surface area contributed by atoms with Crippen LogP contribution in [0.3, 0.4) is 0 Å². The number of unbranched alkanes of at least 4 members (excludes halogenated alkanes) is 3. The molecule has 0 bridgehead atoms. The number of fused-ring (bicyclic) bond motifs is 1. The van der Waals surface area contributed by atoms with Crippen molar-refractivity contribution in [3.05, 3.63) is 135 Å². The molecule has 6 atom stereocenters. The summed E-state index contributed by atoms with van der Waals surface area (Å²) in [5.74, 6) is -15.8. The molecule has 11 N–H and O–H groups in total. The topological polar surface area (TPSA) is 402 Å². The number of ketones is 4. The highest BCUT2D eigenvalue weighted by Gasteiger charge is 2.35. The molecule has 0 saturated heterocycles. The predicted molar refractivity (Wildman–Crippen MR) is 360 cm³/mol. The molecule has 0 aliphatic rings. The van der Waals surface area contributed by atoms with Gasteiger partial charge in [-0.2, -0.15) is 0 Å². The number of nitrogens with two attached hydrogens (primary N) is 1. The van der Waals surface area contributed by atoms with E-state index in [1.165, 1.54) is 37.3 Å². The van der Waals surface area contributed by atoms with Gasteiger partial charge in [0.1, 0.15) is 11.6 Å². The van der Waals surface area contributed by atoms with Crippen molar-refractivity contribution in [2.24, 2.45) is 29.4 Å². The molecule has 524 valence electrons. The van der Waals surface area contributed by atoms with Crippen molar-refractivity contribution < 1.29 is 85.7 Å². The van der Waals surface area contributed by atoms with Crippen LogP contribution in [0.15, 0.2) is 107 Å². The fourth-order valence-corrected chi connectivity index (χ4v) is 13.1. The minimum Gasteiger partial charge on any atom is -0.481 e. The van der Waals surface area contributed by atoms with E-state index in [1.54, 1.807) is 42.6 Å². The summed E-state index contributed by atoms with van der Waals surface area (Å²) in [6.07, 6.45) is -1.10. The third-order valence-corrected chi connectivity index (χ3v) is 18.7. The smallest absolute Gasteiger partial charge is 0.305 e. The molecule has 1 heterocycles. The quantitative estimate of drug-likeness (QED) is 0.0167. The van der Waals surface area contributed by atoms with Gasteiger partial charge in [-0.25, -0.2) is 17.5 Å². The van der Waals surface area contributed by atoms with E-state index in [1.807, 2.05) is 12.1 Å². The Kier molecular flexibility index (Phi) is 31.1. The zero-order valence-electron chi connectivity index (χ0n) is 54.8. The number of aliphatic carboxylic acids is 3. The molecule has 0 aliphatic heterocycles. The van der Waals surface area contributed by atoms with E-state index in [4.69, 9.17) is 5.73 Å². The third kappa shape index (κ3) is 27.0. The lowest BCUT2D eigenvalue weighted by molar-refractivity contribution is -0.140. The number of para-hydroxylation sites is 1. The third-order valence-electron chi connectivity index (χ3n) is 16.6. The Morgan fingerprint density at radius 2 is 1.22 bits per heavy atom. The molecule has 0 saturated carbocycles.